The topological polar surface area (TPSA) is 30.2 Å². The molecule has 13 heavy (non-hydrogen) atoms. The summed E-state index contributed by atoms with van der Waals surface area (Å²) < 4.78 is 5.83. The van der Waals surface area contributed by atoms with Gasteiger partial charge in [-0.05, 0) is 40.8 Å². The van der Waals surface area contributed by atoms with Crippen LogP contribution in [0.1, 0.15) is 36.4 Å². The number of hydrogen-bond acceptors (Lipinski definition) is 2. The second-order valence-electron chi connectivity index (χ2n) is 3.50. The summed E-state index contributed by atoms with van der Waals surface area (Å²) in [7, 11) is 0. The van der Waals surface area contributed by atoms with Crippen LogP contribution in [-0.2, 0) is 6.42 Å². The van der Waals surface area contributed by atoms with Crippen molar-refractivity contribution in [2.75, 3.05) is 0 Å². The summed E-state index contributed by atoms with van der Waals surface area (Å²) in [6.07, 6.45) is 2.79. The summed E-state index contributed by atoms with van der Waals surface area (Å²) in [5.74, 6) is 1.06. The van der Waals surface area contributed by atoms with E-state index in [0.29, 0.717) is 16.3 Å². The number of furan rings is 1. The molecule has 0 unspecified atom stereocenters. The number of rotatable bonds is 4. The first-order chi connectivity index (χ1) is 6.13. The van der Waals surface area contributed by atoms with E-state index in [-0.39, 0.29) is 0 Å². The predicted octanol–water partition coefficient (Wildman–Crippen LogP) is 3.44. The first kappa shape index (κ1) is 10.5. The molecule has 2 nitrogen and oxygen atoms in total. The highest BCUT2D eigenvalue weighted by Gasteiger charge is 2.08. The van der Waals surface area contributed by atoms with E-state index in [4.69, 9.17) is 4.42 Å². The van der Waals surface area contributed by atoms with Crippen LogP contribution in [0.2, 0.25) is 0 Å². The Balaban J connectivity index is 2.65. The Labute approximate surface area is 86.4 Å². The molecule has 0 saturated heterocycles. The molecule has 72 valence electrons. The van der Waals surface area contributed by atoms with Gasteiger partial charge < -0.3 is 4.42 Å². The number of halogens is 1. The zero-order chi connectivity index (χ0) is 9.84. The van der Waals surface area contributed by atoms with Crippen LogP contribution in [0.15, 0.2) is 15.2 Å². The van der Waals surface area contributed by atoms with Crippen LogP contribution in [0, 0.1) is 5.92 Å². The average Bonchev–Trinajstić information content (AvgIpc) is 2.43. The van der Waals surface area contributed by atoms with Crippen LogP contribution in [0.4, 0.5) is 0 Å². The Bertz CT molecular complexity index is 289. The fourth-order valence-electron chi connectivity index (χ4n) is 1.10. The molecule has 0 amide bonds. The summed E-state index contributed by atoms with van der Waals surface area (Å²) in [6.45, 7) is 4.35. The minimum Gasteiger partial charge on any atom is -0.446 e. The van der Waals surface area contributed by atoms with Crippen LogP contribution < -0.4 is 0 Å². The normalized spacial score (nSPS) is 10.8. The smallest absolute Gasteiger partial charge is 0.185 e. The highest BCUT2D eigenvalue weighted by molar-refractivity contribution is 9.10. The largest absolute Gasteiger partial charge is 0.446 e. The molecule has 0 bridgehead atoms. The Morgan fingerprint density at radius 3 is 2.77 bits per heavy atom. The number of carbonyl (C=O) groups excluding carboxylic acids is 1. The van der Waals surface area contributed by atoms with Crippen LogP contribution in [0.3, 0.4) is 0 Å². The molecule has 0 aliphatic heterocycles. The fraction of sp³-hybridized carbons (Fsp3) is 0.500. The standard InChI is InChI=1S/C10H13BrO2/c1-7(2)3-4-8-5-9(6-12)13-10(8)11/h5-7H,3-4H2,1-2H3. The van der Waals surface area contributed by atoms with E-state index in [1.54, 1.807) is 6.07 Å². The molecule has 1 heterocycles. The maximum atomic E-state index is 10.4. The van der Waals surface area contributed by atoms with Crippen LogP contribution in [0.5, 0.6) is 0 Å². The molecule has 0 fully saturated rings. The van der Waals surface area contributed by atoms with E-state index in [9.17, 15) is 4.79 Å². The van der Waals surface area contributed by atoms with Crippen molar-refractivity contribution < 1.29 is 9.21 Å². The van der Waals surface area contributed by atoms with Crippen molar-refractivity contribution in [2.24, 2.45) is 5.92 Å². The second kappa shape index (κ2) is 4.61. The van der Waals surface area contributed by atoms with Crippen LogP contribution in [-0.4, -0.2) is 6.29 Å². The predicted molar refractivity (Wildman–Crippen MR) is 55.0 cm³/mol. The first-order valence-corrected chi connectivity index (χ1v) is 5.16. The SMILES string of the molecule is CC(C)CCc1cc(C=O)oc1Br. The summed E-state index contributed by atoms with van der Waals surface area (Å²) in [5, 5.41) is 0. The molecule has 0 saturated carbocycles. The molecule has 0 aliphatic carbocycles. The minimum absolute atomic E-state index is 0.394. The van der Waals surface area contributed by atoms with Crippen molar-refractivity contribution in [3.63, 3.8) is 0 Å². The maximum Gasteiger partial charge on any atom is 0.185 e. The molecule has 0 radical (unpaired) electrons. The fourth-order valence-corrected chi connectivity index (χ4v) is 1.60. The Morgan fingerprint density at radius 2 is 2.31 bits per heavy atom. The summed E-state index contributed by atoms with van der Waals surface area (Å²) in [5.41, 5.74) is 1.08. The second-order valence-corrected chi connectivity index (χ2v) is 4.22. The van der Waals surface area contributed by atoms with Gasteiger partial charge in [-0.3, -0.25) is 4.79 Å². The van der Waals surface area contributed by atoms with Gasteiger partial charge in [-0.2, -0.15) is 0 Å². The lowest BCUT2D eigenvalue weighted by Gasteiger charge is -2.01. The van der Waals surface area contributed by atoms with E-state index in [2.05, 4.69) is 29.8 Å². The van der Waals surface area contributed by atoms with Gasteiger partial charge >= 0.3 is 0 Å². The Hall–Kier alpha value is -0.570. The molecular weight excluding hydrogens is 232 g/mol. The highest BCUT2D eigenvalue weighted by atomic mass is 79.9. The van der Waals surface area contributed by atoms with E-state index >= 15 is 0 Å². The van der Waals surface area contributed by atoms with Gasteiger partial charge in [-0.15, -0.1) is 0 Å². The lowest BCUT2D eigenvalue weighted by atomic mass is 10.0. The molecule has 1 aromatic heterocycles. The van der Waals surface area contributed by atoms with Crippen molar-refractivity contribution in [3.8, 4) is 0 Å². The lowest BCUT2D eigenvalue weighted by Crippen LogP contribution is -1.90. The third-order valence-corrected chi connectivity index (χ3v) is 2.55. The molecule has 0 aromatic carbocycles. The van der Waals surface area contributed by atoms with Crippen molar-refractivity contribution in [3.05, 3.63) is 22.1 Å². The third kappa shape index (κ3) is 2.99. The van der Waals surface area contributed by atoms with Crippen molar-refractivity contribution >= 4 is 22.2 Å². The molecular formula is C10H13BrO2. The van der Waals surface area contributed by atoms with Gasteiger partial charge in [0, 0.05) is 5.56 Å². The summed E-state index contributed by atoms with van der Waals surface area (Å²) >= 11 is 3.28. The molecule has 1 aromatic rings. The number of aldehydes is 1. The lowest BCUT2D eigenvalue weighted by molar-refractivity contribution is 0.109. The van der Waals surface area contributed by atoms with Gasteiger partial charge in [0.15, 0.2) is 16.7 Å². The molecule has 0 N–H and O–H groups in total. The summed E-state index contributed by atoms with van der Waals surface area (Å²) in [4.78, 5) is 10.4. The molecule has 1 rings (SSSR count). The van der Waals surface area contributed by atoms with E-state index < -0.39 is 0 Å². The quantitative estimate of drug-likeness (QED) is 0.760. The average molecular weight is 245 g/mol. The summed E-state index contributed by atoms with van der Waals surface area (Å²) in [6, 6.07) is 1.79. The minimum atomic E-state index is 0.394. The highest BCUT2D eigenvalue weighted by Crippen LogP contribution is 2.23. The van der Waals surface area contributed by atoms with Gasteiger partial charge in [0.05, 0.1) is 0 Å². The monoisotopic (exact) mass is 244 g/mol. The zero-order valence-corrected chi connectivity index (χ0v) is 9.43. The van der Waals surface area contributed by atoms with E-state index in [0.717, 1.165) is 24.7 Å². The zero-order valence-electron chi connectivity index (χ0n) is 7.84. The van der Waals surface area contributed by atoms with Gasteiger partial charge in [0.25, 0.3) is 0 Å². The van der Waals surface area contributed by atoms with E-state index in [1.165, 1.54) is 0 Å². The van der Waals surface area contributed by atoms with Gasteiger partial charge in [0.1, 0.15) is 0 Å². The molecule has 3 heteroatoms. The maximum absolute atomic E-state index is 10.4. The first-order valence-electron chi connectivity index (χ1n) is 4.37. The number of carbonyl (C=O) groups is 1. The molecule has 0 spiro atoms. The van der Waals surface area contributed by atoms with Crippen molar-refractivity contribution in [1.29, 1.82) is 0 Å². The third-order valence-electron chi connectivity index (χ3n) is 1.88. The van der Waals surface area contributed by atoms with E-state index in [1.807, 2.05) is 0 Å². The number of aryl methyl sites for hydroxylation is 1. The Kier molecular flexibility index (Phi) is 3.72. The molecule has 0 atom stereocenters. The van der Waals surface area contributed by atoms with Gasteiger partial charge in [0.2, 0.25) is 0 Å². The van der Waals surface area contributed by atoms with Crippen molar-refractivity contribution in [1.82, 2.24) is 0 Å². The van der Waals surface area contributed by atoms with Crippen LogP contribution in [0.25, 0.3) is 0 Å². The van der Waals surface area contributed by atoms with Crippen LogP contribution >= 0.6 is 15.9 Å². The molecule has 0 aliphatic rings. The van der Waals surface area contributed by atoms with Gasteiger partial charge in [-0.25, -0.2) is 0 Å². The Morgan fingerprint density at radius 1 is 1.62 bits per heavy atom. The number of hydrogen-bond donors (Lipinski definition) is 0. The van der Waals surface area contributed by atoms with Crippen molar-refractivity contribution in [2.45, 2.75) is 26.7 Å². The van der Waals surface area contributed by atoms with Gasteiger partial charge in [-0.1, -0.05) is 13.8 Å².